The minimum Gasteiger partial charge on any atom is -0.436 e. The van der Waals surface area contributed by atoms with Crippen LogP contribution in [0.5, 0.6) is 0 Å². The third-order valence-electron chi connectivity index (χ3n) is 8.16. The lowest BCUT2D eigenvalue weighted by atomic mass is 9.82. The number of rotatable bonds is 7. The smallest absolute Gasteiger partial charge is 0.227 e. The average Bonchev–Trinajstić information content (AvgIpc) is 3.45. The second-order valence-electron chi connectivity index (χ2n) is 10.9. The van der Waals surface area contributed by atoms with Crippen LogP contribution in [-0.2, 0) is 12.8 Å². The van der Waals surface area contributed by atoms with Crippen molar-refractivity contribution < 1.29 is 4.42 Å². The third kappa shape index (κ3) is 4.40. The number of aromatic nitrogens is 1. The van der Waals surface area contributed by atoms with Crippen LogP contribution >= 0.6 is 0 Å². The summed E-state index contributed by atoms with van der Waals surface area (Å²) in [5, 5.41) is 5.16. The molecular weight excluding hydrogens is 498 g/mol. The molecule has 0 bridgehead atoms. The van der Waals surface area contributed by atoms with Gasteiger partial charge in [0.2, 0.25) is 5.89 Å². The van der Waals surface area contributed by atoms with Gasteiger partial charge in [-0.2, -0.15) is 0 Å². The van der Waals surface area contributed by atoms with Gasteiger partial charge in [-0.3, -0.25) is 0 Å². The first-order valence-corrected chi connectivity index (χ1v) is 14.8. The number of fused-ring (bicyclic) bond motifs is 3. The Balaban J connectivity index is 1.56. The highest BCUT2D eigenvalue weighted by molar-refractivity contribution is 6.21. The van der Waals surface area contributed by atoms with E-state index < -0.39 is 0 Å². The number of hydrogen-bond acceptors (Lipinski definition) is 2. The number of nitrogens with zero attached hydrogens (tertiary/aromatic N) is 1. The van der Waals surface area contributed by atoms with Crippen molar-refractivity contribution in [2.45, 2.75) is 39.5 Å². The molecule has 0 aliphatic rings. The molecular formula is C39H33NO. The lowest BCUT2D eigenvalue weighted by Gasteiger charge is -2.21. The SMILES string of the molecule is CCCc1cc(-c2c3ccccc3c(-c3ccccc3)c3ccccc23)c(CCC)cc1-c1nc2ccccc2o1. The lowest BCUT2D eigenvalue weighted by molar-refractivity contribution is 0.618. The van der Waals surface area contributed by atoms with E-state index in [0.29, 0.717) is 5.89 Å². The van der Waals surface area contributed by atoms with Gasteiger partial charge in [0.15, 0.2) is 5.58 Å². The van der Waals surface area contributed by atoms with Gasteiger partial charge >= 0.3 is 0 Å². The minimum atomic E-state index is 0.715. The zero-order valence-corrected chi connectivity index (χ0v) is 23.7. The molecule has 1 aromatic heterocycles. The maximum Gasteiger partial charge on any atom is 0.227 e. The quantitative estimate of drug-likeness (QED) is 0.191. The van der Waals surface area contributed by atoms with Crippen molar-refractivity contribution in [1.82, 2.24) is 4.98 Å². The number of para-hydroxylation sites is 2. The second-order valence-corrected chi connectivity index (χ2v) is 10.9. The maximum absolute atomic E-state index is 6.31. The normalized spacial score (nSPS) is 11.6. The molecule has 6 aromatic carbocycles. The molecule has 2 heteroatoms. The number of benzene rings is 6. The molecule has 41 heavy (non-hydrogen) atoms. The second kappa shape index (κ2) is 10.7. The van der Waals surface area contributed by atoms with Crippen molar-refractivity contribution in [2.75, 3.05) is 0 Å². The van der Waals surface area contributed by atoms with Crippen LogP contribution in [0.15, 0.2) is 120 Å². The molecule has 0 spiro atoms. The number of hydrogen-bond donors (Lipinski definition) is 0. The van der Waals surface area contributed by atoms with Crippen LogP contribution < -0.4 is 0 Å². The topological polar surface area (TPSA) is 26.0 Å². The molecule has 0 aliphatic carbocycles. The molecule has 200 valence electrons. The summed E-state index contributed by atoms with van der Waals surface area (Å²) in [6, 6.07) is 41.5. The van der Waals surface area contributed by atoms with Crippen molar-refractivity contribution in [3.63, 3.8) is 0 Å². The van der Waals surface area contributed by atoms with Gasteiger partial charge in [-0.25, -0.2) is 4.98 Å². The van der Waals surface area contributed by atoms with E-state index in [4.69, 9.17) is 9.40 Å². The van der Waals surface area contributed by atoms with E-state index in [0.717, 1.165) is 42.3 Å². The third-order valence-corrected chi connectivity index (χ3v) is 8.16. The molecule has 0 atom stereocenters. The van der Waals surface area contributed by atoms with E-state index in [1.807, 2.05) is 24.3 Å². The van der Waals surface area contributed by atoms with Crippen LogP contribution in [0.4, 0.5) is 0 Å². The summed E-state index contributed by atoms with van der Waals surface area (Å²) in [7, 11) is 0. The Hall–Kier alpha value is -4.69. The van der Waals surface area contributed by atoms with Gasteiger partial charge in [-0.05, 0) is 86.0 Å². The first-order chi connectivity index (χ1) is 20.3. The predicted molar refractivity (Wildman–Crippen MR) is 173 cm³/mol. The molecule has 0 saturated heterocycles. The van der Waals surface area contributed by atoms with Gasteiger partial charge in [-0.1, -0.05) is 124 Å². The average molecular weight is 532 g/mol. The van der Waals surface area contributed by atoms with E-state index in [-0.39, 0.29) is 0 Å². The largest absolute Gasteiger partial charge is 0.436 e. The van der Waals surface area contributed by atoms with Gasteiger partial charge < -0.3 is 4.42 Å². The first-order valence-electron chi connectivity index (χ1n) is 14.8. The fraction of sp³-hybridized carbons (Fsp3) is 0.154. The summed E-state index contributed by atoms with van der Waals surface area (Å²) in [5.41, 5.74) is 10.7. The standard InChI is InChI=1S/C39H33NO/c1-3-14-27-25-34(39-40-35-22-12-13-23-36(35)41-39)28(15-4-2)24-33(27)38-31-20-10-8-18-29(31)37(26-16-6-5-7-17-26)30-19-9-11-21-32(30)38/h5-13,16-25H,3-4,14-15H2,1-2H3. The zero-order chi connectivity index (χ0) is 27.8. The Morgan fingerprint density at radius 1 is 0.537 bits per heavy atom. The summed E-state index contributed by atoms with van der Waals surface area (Å²) in [6.07, 6.45) is 4.06. The first kappa shape index (κ1) is 25.3. The van der Waals surface area contributed by atoms with Gasteiger partial charge in [0.25, 0.3) is 0 Å². The van der Waals surface area contributed by atoms with Crippen molar-refractivity contribution in [2.24, 2.45) is 0 Å². The Morgan fingerprint density at radius 3 is 1.66 bits per heavy atom. The molecule has 7 aromatic rings. The van der Waals surface area contributed by atoms with Crippen molar-refractivity contribution >= 4 is 32.6 Å². The molecule has 0 unspecified atom stereocenters. The Labute approximate surface area is 241 Å². The highest BCUT2D eigenvalue weighted by Gasteiger charge is 2.21. The monoisotopic (exact) mass is 531 g/mol. The van der Waals surface area contributed by atoms with Crippen LogP contribution in [0.1, 0.15) is 37.8 Å². The summed E-state index contributed by atoms with van der Waals surface area (Å²) < 4.78 is 6.31. The fourth-order valence-electron chi connectivity index (χ4n) is 6.40. The van der Waals surface area contributed by atoms with Gasteiger partial charge in [0.1, 0.15) is 5.52 Å². The van der Waals surface area contributed by atoms with Gasteiger partial charge in [0, 0.05) is 5.56 Å². The van der Waals surface area contributed by atoms with Gasteiger partial charge in [-0.15, -0.1) is 0 Å². The summed E-state index contributed by atoms with van der Waals surface area (Å²) in [6.45, 7) is 4.51. The molecule has 7 rings (SSSR count). The van der Waals surface area contributed by atoms with E-state index in [2.05, 4.69) is 105 Å². The van der Waals surface area contributed by atoms with Crippen LogP contribution in [0.25, 0.3) is 66.4 Å². The van der Waals surface area contributed by atoms with Crippen molar-refractivity contribution in [3.05, 3.63) is 126 Å². The molecule has 0 saturated carbocycles. The van der Waals surface area contributed by atoms with E-state index in [1.165, 1.54) is 54.9 Å². The molecule has 0 N–H and O–H groups in total. The molecule has 1 heterocycles. The Kier molecular flexibility index (Phi) is 6.60. The molecule has 0 radical (unpaired) electrons. The Bertz CT molecular complexity index is 1930. The van der Waals surface area contributed by atoms with E-state index in [1.54, 1.807) is 0 Å². The molecule has 0 fully saturated rings. The van der Waals surface area contributed by atoms with Crippen molar-refractivity contribution in [3.8, 4) is 33.7 Å². The highest BCUT2D eigenvalue weighted by atomic mass is 16.3. The summed E-state index contributed by atoms with van der Waals surface area (Å²) >= 11 is 0. The van der Waals surface area contributed by atoms with Crippen LogP contribution in [0.3, 0.4) is 0 Å². The summed E-state index contributed by atoms with van der Waals surface area (Å²) in [4.78, 5) is 4.91. The van der Waals surface area contributed by atoms with Gasteiger partial charge in [0.05, 0.1) is 0 Å². The fourth-order valence-corrected chi connectivity index (χ4v) is 6.40. The van der Waals surface area contributed by atoms with Crippen LogP contribution in [0.2, 0.25) is 0 Å². The summed E-state index contributed by atoms with van der Waals surface area (Å²) in [5.74, 6) is 0.715. The van der Waals surface area contributed by atoms with E-state index in [9.17, 15) is 0 Å². The number of aryl methyl sites for hydroxylation is 2. The van der Waals surface area contributed by atoms with Crippen LogP contribution in [0, 0.1) is 0 Å². The van der Waals surface area contributed by atoms with Crippen molar-refractivity contribution in [1.29, 1.82) is 0 Å². The highest BCUT2D eigenvalue weighted by Crippen LogP contribution is 2.45. The Morgan fingerprint density at radius 2 is 1.05 bits per heavy atom. The predicted octanol–water partition coefficient (Wildman–Crippen LogP) is 11.0. The lowest BCUT2D eigenvalue weighted by Crippen LogP contribution is -1.99. The molecule has 2 nitrogen and oxygen atoms in total. The van der Waals surface area contributed by atoms with E-state index >= 15 is 0 Å². The molecule has 0 aliphatic heterocycles. The minimum absolute atomic E-state index is 0.715. The number of oxazole rings is 1. The maximum atomic E-state index is 6.31. The zero-order valence-electron chi connectivity index (χ0n) is 23.7. The van der Waals surface area contributed by atoms with Crippen LogP contribution in [-0.4, -0.2) is 4.98 Å². The molecule has 0 amide bonds.